The third-order valence-electron chi connectivity index (χ3n) is 0.374. The van der Waals surface area contributed by atoms with Gasteiger partial charge in [-0.2, -0.15) is 6.58 Å². The molecule has 3 heteroatoms. The zero-order valence-electron chi connectivity index (χ0n) is 4.52. The fourth-order valence-electron chi connectivity index (χ4n) is 0.126. The van der Waals surface area contributed by atoms with Crippen molar-refractivity contribution < 1.29 is 23.9 Å². The zero-order valence-corrected chi connectivity index (χ0v) is 7.49. The Labute approximate surface area is 60.8 Å². The molecule has 0 fully saturated rings. The molecule has 0 amide bonds. The molecule has 0 spiro atoms. The van der Waals surface area contributed by atoms with Gasteiger partial charge in [-0.05, 0) is 12.5 Å². The first-order valence-corrected chi connectivity index (χ1v) is 1.66. The fraction of sp³-hybridized carbons (Fsp3) is 0. The van der Waals surface area contributed by atoms with E-state index in [9.17, 15) is 4.39 Å². The first-order valence-electron chi connectivity index (χ1n) is 1.66. The van der Waals surface area contributed by atoms with E-state index in [0.717, 1.165) is 6.20 Å². The van der Waals surface area contributed by atoms with Crippen LogP contribution in [0.4, 0.5) is 4.39 Å². The van der Waals surface area contributed by atoms with Gasteiger partial charge in [0, 0.05) is 19.5 Å². The minimum absolute atomic E-state index is 0. The van der Waals surface area contributed by atoms with Crippen LogP contribution in [-0.2, 0) is 19.5 Å². The number of nitrogens with zero attached hydrogens (tertiary/aromatic N) is 1. The van der Waals surface area contributed by atoms with E-state index in [0.29, 0.717) is 0 Å². The molecule has 0 aliphatic rings. The van der Waals surface area contributed by atoms with Crippen LogP contribution in [0.3, 0.4) is 0 Å². The molecule has 0 aromatic carbocycles. The maximum Gasteiger partial charge on any atom is 0 e. The molecule has 0 saturated heterocycles. The predicted octanol–water partition coefficient (Wildman–Crippen LogP) is 1.48. The van der Waals surface area contributed by atoms with Gasteiger partial charge in [0.25, 0.3) is 0 Å². The molecule has 8 heavy (non-hydrogen) atoms. The fourth-order valence-corrected chi connectivity index (χ4v) is 0.126. The summed E-state index contributed by atoms with van der Waals surface area (Å²) < 4.78 is 11.7. The molecular formula is C5H5FNZn-. The predicted molar refractivity (Wildman–Crippen MR) is 27.6 cm³/mol. The van der Waals surface area contributed by atoms with Crippen molar-refractivity contribution in [2.24, 2.45) is 4.99 Å². The monoisotopic (exact) mass is 162 g/mol. The normalized spacial score (nSPS) is 9.38. The largest absolute Gasteiger partial charge is 0.364 e. The SMILES string of the molecule is C=[C-]/C(F)=C\N=C.[Zn]. The molecule has 0 aliphatic heterocycles. The van der Waals surface area contributed by atoms with Crippen molar-refractivity contribution >= 4 is 6.72 Å². The first kappa shape index (κ1) is 10.6. The Morgan fingerprint density at radius 3 is 2.38 bits per heavy atom. The molecular weight excluding hydrogens is 158 g/mol. The third-order valence-corrected chi connectivity index (χ3v) is 0.374. The Kier molecular flexibility index (Phi) is 8.92. The summed E-state index contributed by atoms with van der Waals surface area (Å²) in [6.45, 7) is 6.04. The van der Waals surface area contributed by atoms with Gasteiger partial charge in [-0.3, -0.25) is 0 Å². The van der Waals surface area contributed by atoms with Gasteiger partial charge in [-0.15, -0.1) is 0 Å². The summed E-state index contributed by atoms with van der Waals surface area (Å²) in [6.07, 6.45) is 2.91. The van der Waals surface area contributed by atoms with Crippen molar-refractivity contribution in [3.63, 3.8) is 0 Å². The molecule has 40 valence electrons. The maximum absolute atomic E-state index is 11.7. The minimum atomic E-state index is -0.588. The third kappa shape index (κ3) is 5.70. The van der Waals surface area contributed by atoms with Gasteiger partial charge in [-0.1, -0.05) is 6.20 Å². The molecule has 1 nitrogen and oxygen atoms in total. The summed E-state index contributed by atoms with van der Waals surface area (Å²) in [7, 11) is 0. The van der Waals surface area contributed by atoms with Crippen molar-refractivity contribution in [1.82, 2.24) is 0 Å². The number of hydrogen-bond donors (Lipinski definition) is 0. The standard InChI is InChI=1S/C5H5FN.Zn/c1-3-5(6)4-7-2;/h4H,1-2H2;/q-1;/b5-4+;. The van der Waals surface area contributed by atoms with Crippen LogP contribution in [0.5, 0.6) is 0 Å². The summed E-state index contributed by atoms with van der Waals surface area (Å²) in [6, 6.07) is 0. The van der Waals surface area contributed by atoms with Gasteiger partial charge in [0.1, 0.15) is 0 Å². The molecule has 0 bridgehead atoms. The Bertz CT molecular complexity index is 109. The molecule has 0 aromatic rings. The average molecular weight is 163 g/mol. The van der Waals surface area contributed by atoms with E-state index in [1.165, 1.54) is 0 Å². The summed E-state index contributed by atoms with van der Waals surface area (Å²) in [5.41, 5.74) is 0. The van der Waals surface area contributed by atoms with Gasteiger partial charge in [-0.25, -0.2) is 10.5 Å². The Balaban J connectivity index is 0. The van der Waals surface area contributed by atoms with Crippen LogP contribution in [0.15, 0.2) is 23.6 Å². The van der Waals surface area contributed by atoms with Crippen LogP contribution in [0.1, 0.15) is 0 Å². The van der Waals surface area contributed by atoms with Crippen molar-refractivity contribution in [3.05, 3.63) is 24.7 Å². The molecule has 0 N–H and O–H groups in total. The topological polar surface area (TPSA) is 12.4 Å². The molecule has 0 rings (SSSR count). The number of allylic oxidation sites excluding steroid dienone is 2. The maximum atomic E-state index is 11.7. The van der Waals surface area contributed by atoms with Crippen LogP contribution in [0, 0.1) is 6.08 Å². The second-order valence-electron chi connectivity index (χ2n) is 0.836. The number of rotatable bonds is 2. The van der Waals surface area contributed by atoms with E-state index in [-0.39, 0.29) is 19.5 Å². The number of halogens is 1. The molecule has 0 saturated carbocycles. The molecule has 0 heterocycles. The van der Waals surface area contributed by atoms with Crippen molar-refractivity contribution in [1.29, 1.82) is 0 Å². The van der Waals surface area contributed by atoms with Crippen LogP contribution >= 0.6 is 0 Å². The summed E-state index contributed by atoms with van der Waals surface area (Å²) >= 11 is 0. The summed E-state index contributed by atoms with van der Waals surface area (Å²) in [5, 5.41) is 0. The molecule has 0 atom stereocenters. The first-order chi connectivity index (χ1) is 3.31. The van der Waals surface area contributed by atoms with E-state index in [2.05, 4.69) is 18.3 Å². The molecule has 0 unspecified atom stereocenters. The zero-order chi connectivity index (χ0) is 5.70. The summed E-state index contributed by atoms with van der Waals surface area (Å²) in [4.78, 5) is 3.12. The van der Waals surface area contributed by atoms with E-state index in [1.54, 1.807) is 0 Å². The smallest absolute Gasteiger partial charge is 0 e. The van der Waals surface area contributed by atoms with E-state index in [4.69, 9.17) is 0 Å². The molecule has 0 radical (unpaired) electrons. The van der Waals surface area contributed by atoms with Crippen LogP contribution in [0.2, 0.25) is 0 Å². The van der Waals surface area contributed by atoms with E-state index < -0.39 is 5.83 Å². The number of aliphatic imine (C=N–C) groups is 1. The molecule has 0 aliphatic carbocycles. The van der Waals surface area contributed by atoms with Crippen molar-refractivity contribution in [2.45, 2.75) is 0 Å². The molecule has 0 aromatic heterocycles. The van der Waals surface area contributed by atoms with Crippen LogP contribution < -0.4 is 0 Å². The van der Waals surface area contributed by atoms with Crippen LogP contribution in [-0.4, -0.2) is 6.72 Å². The second kappa shape index (κ2) is 6.70. The van der Waals surface area contributed by atoms with Gasteiger partial charge in [0.05, 0.1) is 0 Å². The van der Waals surface area contributed by atoms with Gasteiger partial charge < -0.3 is 4.99 Å². The Morgan fingerprint density at radius 1 is 1.75 bits per heavy atom. The van der Waals surface area contributed by atoms with Crippen molar-refractivity contribution in [3.8, 4) is 0 Å². The summed E-state index contributed by atoms with van der Waals surface area (Å²) in [5.74, 6) is -0.588. The number of hydrogen-bond acceptors (Lipinski definition) is 1. The van der Waals surface area contributed by atoms with E-state index >= 15 is 0 Å². The minimum Gasteiger partial charge on any atom is -0.364 e. The van der Waals surface area contributed by atoms with Gasteiger partial charge in [0.15, 0.2) is 0 Å². The van der Waals surface area contributed by atoms with Gasteiger partial charge >= 0.3 is 0 Å². The van der Waals surface area contributed by atoms with Gasteiger partial charge in [0.2, 0.25) is 0 Å². The van der Waals surface area contributed by atoms with Crippen molar-refractivity contribution in [2.75, 3.05) is 0 Å². The second-order valence-corrected chi connectivity index (χ2v) is 0.836. The van der Waals surface area contributed by atoms with E-state index in [1.807, 2.05) is 6.08 Å². The average Bonchev–Trinajstić information content (AvgIpc) is 1.68. The Hall–Kier alpha value is -0.297. The quantitative estimate of drug-likeness (QED) is 0.253. The Morgan fingerprint density at radius 2 is 2.25 bits per heavy atom. The van der Waals surface area contributed by atoms with Crippen LogP contribution in [0.25, 0.3) is 0 Å².